The molecule has 0 aliphatic rings. The third-order valence-corrected chi connectivity index (χ3v) is 6.37. The molecule has 0 fully saturated rings. The number of hydrogen-bond donors (Lipinski definition) is 1. The molecule has 0 aliphatic carbocycles. The van der Waals surface area contributed by atoms with Crippen molar-refractivity contribution < 1.29 is 4.79 Å². The zero-order valence-electron chi connectivity index (χ0n) is 17.3. The first kappa shape index (κ1) is 20.3. The van der Waals surface area contributed by atoms with Gasteiger partial charge in [0.1, 0.15) is 0 Å². The third kappa shape index (κ3) is 3.62. The van der Waals surface area contributed by atoms with Crippen molar-refractivity contribution in [3.8, 4) is 11.3 Å². The van der Waals surface area contributed by atoms with E-state index in [1.54, 1.807) is 27.7 Å². The lowest BCUT2D eigenvalue weighted by molar-refractivity contribution is 0.0947. The van der Waals surface area contributed by atoms with Crippen LogP contribution in [0.5, 0.6) is 0 Å². The van der Waals surface area contributed by atoms with Crippen molar-refractivity contribution in [3.63, 3.8) is 0 Å². The third-order valence-electron chi connectivity index (χ3n) is 5.23. The van der Waals surface area contributed by atoms with Gasteiger partial charge in [-0.15, -0.1) is 0 Å². The van der Waals surface area contributed by atoms with Crippen LogP contribution in [0.3, 0.4) is 0 Å². The second-order valence-corrected chi connectivity index (χ2v) is 8.01. The van der Waals surface area contributed by atoms with Gasteiger partial charge in [-0.3, -0.25) is 14.2 Å². The monoisotopic (exact) mass is 470 g/mol. The van der Waals surface area contributed by atoms with Crippen LogP contribution in [0, 0.1) is 20.8 Å². The van der Waals surface area contributed by atoms with Gasteiger partial charge in [0.25, 0.3) is 5.91 Å². The Bertz CT molecular complexity index is 1240. The molecule has 0 bridgehead atoms. The van der Waals surface area contributed by atoms with E-state index in [2.05, 4.69) is 41.5 Å². The van der Waals surface area contributed by atoms with Gasteiger partial charge in [0.15, 0.2) is 11.3 Å². The highest BCUT2D eigenvalue weighted by Gasteiger charge is 2.16. The van der Waals surface area contributed by atoms with Crippen LogP contribution < -0.4 is 5.32 Å². The van der Waals surface area contributed by atoms with Gasteiger partial charge in [-0.1, -0.05) is 0 Å². The fraction of sp³-hybridized carbons (Fsp3) is 0.350. The van der Waals surface area contributed by atoms with Crippen molar-refractivity contribution in [2.75, 3.05) is 6.54 Å². The number of fused-ring (bicyclic) bond motifs is 1. The van der Waals surface area contributed by atoms with E-state index in [0.29, 0.717) is 17.9 Å². The van der Waals surface area contributed by atoms with Gasteiger partial charge >= 0.3 is 0 Å². The minimum Gasteiger partial charge on any atom is -0.351 e. The number of aryl methyl sites for hydroxylation is 3. The Morgan fingerprint density at radius 1 is 1.20 bits per heavy atom. The number of nitrogens with zero attached hydrogens (tertiary/aromatic N) is 7. The Balaban J connectivity index is 1.45. The minimum atomic E-state index is -0.219. The lowest BCUT2D eigenvalue weighted by Crippen LogP contribution is -2.26. The predicted molar refractivity (Wildman–Crippen MR) is 116 cm³/mol. The molecule has 4 aromatic heterocycles. The molecule has 1 N–H and O–H groups in total. The van der Waals surface area contributed by atoms with Crippen LogP contribution in [0.15, 0.2) is 29.0 Å². The molecule has 0 saturated heterocycles. The van der Waals surface area contributed by atoms with Gasteiger partial charge in [0.05, 0.1) is 22.1 Å². The molecular formula is C20H23BrN8O. The first-order valence-electron chi connectivity index (χ1n) is 9.68. The fourth-order valence-electron chi connectivity index (χ4n) is 3.37. The van der Waals surface area contributed by atoms with E-state index in [1.807, 2.05) is 38.6 Å². The molecule has 4 heterocycles. The number of carbonyl (C=O) groups is 1. The van der Waals surface area contributed by atoms with Crippen LogP contribution in [-0.2, 0) is 13.6 Å². The van der Waals surface area contributed by atoms with Crippen LogP contribution in [0.25, 0.3) is 16.9 Å². The van der Waals surface area contributed by atoms with Crippen molar-refractivity contribution in [2.45, 2.75) is 33.7 Å². The first-order valence-corrected chi connectivity index (χ1v) is 10.5. The fourth-order valence-corrected chi connectivity index (χ4v) is 3.66. The van der Waals surface area contributed by atoms with Crippen LogP contribution in [0.2, 0.25) is 0 Å². The zero-order chi connectivity index (χ0) is 21.4. The van der Waals surface area contributed by atoms with E-state index in [9.17, 15) is 4.79 Å². The number of halogens is 1. The van der Waals surface area contributed by atoms with E-state index < -0.39 is 0 Å². The second kappa shape index (κ2) is 8.02. The lowest BCUT2D eigenvalue weighted by atomic mass is 10.2. The molecule has 10 heteroatoms. The minimum absolute atomic E-state index is 0.219. The van der Waals surface area contributed by atoms with Gasteiger partial charge in [-0.2, -0.15) is 15.3 Å². The standard InChI is InChI=1S/C20H23BrN8O/c1-12-19(21)14(3)28(25-12)9-5-7-23-20(30)16-10-18-22-8-6-17(29(18)26-16)15-11-24-27(4)13(15)2/h6,8,10-11H,5,7,9H2,1-4H3,(H,23,30). The summed E-state index contributed by atoms with van der Waals surface area (Å²) in [6.07, 6.45) is 4.28. The highest BCUT2D eigenvalue weighted by Crippen LogP contribution is 2.23. The topological polar surface area (TPSA) is 94.9 Å². The average molecular weight is 471 g/mol. The molecule has 156 valence electrons. The summed E-state index contributed by atoms with van der Waals surface area (Å²) in [5, 5.41) is 16.2. The molecule has 0 aromatic carbocycles. The molecule has 4 rings (SSSR count). The summed E-state index contributed by atoms with van der Waals surface area (Å²) in [4.78, 5) is 16.9. The molecule has 0 spiro atoms. The smallest absolute Gasteiger partial charge is 0.271 e. The Labute approximate surface area is 182 Å². The normalized spacial score (nSPS) is 11.4. The first-order chi connectivity index (χ1) is 14.4. The van der Waals surface area contributed by atoms with Crippen LogP contribution in [-0.4, -0.2) is 46.6 Å². The molecule has 0 unspecified atom stereocenters. The van der Waals surface area contributed by atoms with Gasteiger partial charge in [-0.05, 0) is 49.2 Å². The Kier molecular flexibility index (Phi) is 5.42. The van der Waals surface area contributed by atoms with Gasteiger partial charge in [0, 0.05) is 49.4 Å². The van der Waals surface area contributed by atoms with Gasteiger partial charge in [0.2, 0.25) is 0 Å². The van der Waals surface area contributed by atoms with Crippen molar-refractivity contribution in [1.82, 2.24) is 39.5 Å². The summed E-state index contributed by atoms with van der Waals surface area (Å²) in [5.41, 5.74) is 5.83. The zero-order valence-corrected chi connectivity index (χ0v) is 18.9. The summed E-state index contributed by atoms with van der Waals surface area (Å²) in [5.74, 6) is -0.219. The molecule has 0 saturated carbocycles. The molecule has 30 heavy (non-hydrogen) atoms. The predicted octanol–water partition coefficient (Wildman–Crippen LogP) is 2.83. The SMILES string of the molecule is Cc1nn(CCCNC(=O)c2cc3nccc(-c4cnn(C)c4C)n3n2)c(C)c1Br. The molecule has 0 aliphatic heterocycles. The van der Waals surface area contributed by atoms with Crippen LogP contribution >= 0.6 is 15.9 Å². The largest absolute Gasteiger partial charge is 0.351 e. The van der Waals surface area contributed by atoms with Crippen molar-refractivity contribution in [3.05, 3.63) is 51.8 Å². The summed E-state index contributed by atoms with van der Waals surface area (Å²) >= 11 is 3.53. The number of amides is 1. The lowest BCUT2D eigenvalue weighted by Gasteiger charge is -2.06. The van der Waals surface area contributed by atoms with Crippen molar-refractivity contribution in [1.29, 1.82) is 0 Å². The van der Waals surface area contributed by atoms with E-state index in [0.717, 1.165) is 45.8 Å². The quantitative estimate of drug-likeness (QED) is 0.437. The van der Waals surface area contributed by atoms with Crippen molar-refractivity contribution in [2.24, 2.45) is 7.05 Å². The van der Waals surface area contributed by atoms with E-state index in [1.165, 1.54) is 0 Å². The maximum absolute atomic E-state index is 12.6. The summed E-state index contributed by atoms with van der Waals surface area (Å²) < 4.78 is 6.47. The number of rotatable bonds is 6. The number of hydrogen-bond acceptors (Lipinski definition) is 5. The van der Waals surface area contributed by atoms with Gasteiger partial charge < -0.3 is 5.32 Å². The molecule has 0 atom stereocenters. The molecule has 0 radical (unpaired) electrons. The van der Waals surface area contributed by atoms with E-state index >= 15 is 0 Å². The Morgan fingerprint density at radius 3 is 2.67 bits per heavy atom. The van der Waals surface area contributed by atoms with Crippen LogP contribution in [0.1, 0.15) is 34.0 Å². The molecule has 1 amide bonds. The molecule has 4 aromatic rings. The maximum atomic E-state index is 12.6. The number of carbonyl (C=O) groups excluding carboxylic acids is 1. The number of aromatic nitrogens is 7. The van der Waals surface area contributed by atoms with Crippen molar-refractivity contribution >= 4 is 27.5 Å². The molecular weight excluding hydrogens is 448 g/mol. The summed E-state index contributed by atoms with van der Waals surface area (Å²) in [6.45, 7) is 7.25. The molecule has 9 nitrogen and oxygen atoms in total. The Hall–Kier alpha value is -3.01. The average Bonchev–Trinajstić information content (AvgIpc) is 3.38. The summed E-state index contributed by atoms with van der Waals surface area (Å²) in [7, 11) is 1.89. The summed E-state index contributed by atoms with van der Waals surface area (Å²) in [6, 6.07) is 3.57. The highest BCUT2D eigenvalue weighted by atomic mass is 79.9. The van der Waals surface area contributed by atoms with Crippen LogP contribution in [0.4, 0.5) is 0 Å². The Morgan fingerprint density at radius 2 is 2.00 bits per heavy atom. The number of nitrogens with one attached hydrogen (secondary N) is 1. The highest BCUT2D eigenvalue weighted by molar-refractivity contribution is 9.10. The van der Waals surface area contributed by atoms with E-state index in [-0.39, 0.29) is 5.91 Å². The van der Waals surface area contributed by atoms with Gasteiger partial charge in [-0.25, -0.2) is 9.50 Å². The second-order valence-electron chi connectivity index (χ2n) is 7.21. The maximum Gasteiger partial charge on any atom is 0.271 e. The van der Waals surface area contributed by atoms with E-state index in [4.69, 9.17) is 0 Å².